The first-order valence-electron chi connectivity index (χ1n) is 5.07. The quantitative estimate of drug-likeness (QED) is 0.733. The molecule has 0 aliphatic heterocycles. The van der Waals surface area contributed by atoms with Crippen molar-refractivity contribution in [3.05, 3.63) is 6.20 Å². The summed E-state index contributed by atoms with van der Waals surface area (Å²) in [4.78, 5) is 0. The van der Waals surface area contributed by atoms with Crippen molar-refractivity contribution in [3.8, 4) is 5.88 Å². The third kappa shape index (κ3) is 3.40. The van der Waals surface area contributed by atoms with Crippen LogP contribution in [0.25, 0.3) is 0 Å². The Labute approximate surface area is 92.8 Å². The van der Waals surface area contributed by atoms with Crippen LogP contribution in [-0.4, -0.2) is 39.2 Å². The van der Waals surface area contributed by atoms with Gasteiger partial charge in [0, 0.05) is 12.6 Å². The lowest BCUT2D eigenvalue weighted by molar-refractivity contribution is 0.104. The molecule has 0 bridgehead atoms. The van der Waals surface area contributed by atoms with Crippen LogP contribution in [0, 0.1) is 5.92 Å². The molecule has 5 nitrogen and oxygen atoms in total. The van der Waals surface area contributed by atoms with Gasteiger partial charge in [-0.2, -0.15) is 4.37 Å². The van der Waals surface area contributed by atoms with E-state index in [-0.39, 0.29) is 6.61 Å². The van der Waals surface area contributed by atoms with Gasteiger partial charge >= 0.3 is 0 Å². The lowest BCUT2D eigenvalue weighted by Crippen LogP contribution is -2.33. The van der Waals surface area contributed by atoms with Crippen LogP contribution in [0.4, 0.5) is 0 Å². The SMILES string of the molecule is CC1CC1NCC(O)COc1cnsn1. The molecule has 3 atom stereocenters. The highest BCUT2D eigenvalue weighted by Crippen LogP contribution is 2.28. The minimum Gasteiger partial charge on any atom is -0.473 e. The first kappa shape index (κ1) is 10.8. The normalized spacial score (nSPS) is 26.3. The summed E-state index contributed by atoms with van der Waals surface area (Å²) >= 11 is 1.10. The van der Waals surface area contributed by atoms with Gasteiger partial charge in [-0.25, -0.2) is 0 Å². The van der Waals surface area contributed by atoms with Crippen molar-refractivity contribution >= 4 is 11.7 Å². The van der Waals surface area contributed by atoms with Gasteiger partial charge in [-0.05, 0) is 12.3 Å². The highest BCUT2D eigenvalue weighted by molar-refractivity contribution is 6.99. The summed E-state index contributed by atoms with van der Waals surface area (Å²) in [5.74, 6) is 1.24. The molecule has 1 heterocycles. The maximum atomic E-state index is 9.58. The van der Waals surface area contributed by atoms with Gasteiger partial charge in [-0.3, -0.25) is 0 Å². The largest absolute Gasteiger partial charge is 0.473 e. The minimum atomic E-state index is -0.487. The molecule has 1 aliphatic carbocycles. The Morgan fingerprint density at radius 2 is 2.60 bits per heavy atom. The van der Waals surface area contributed by atoms with Gasteiger partial charge in [0.15, 0.2) is 0 Å². The number of hydrogen-bond acceptors (Lipinski definition) is 6. The fraction of sp³-hybridized carbons (Fsp3) is 0.778. The monoisotopic (exact) mass is 229 g/mol. The van der Waals surface area contributed by atoms with Crippen LogP contribution < -0.4 is 10.1 Å². The number of rotatable bonds is 6. The summed E-state index contributed by atoms with van der Waals surface area (Å²) in [6, 6.07) is 0.584. The molecule has 6 heteroatoms. The average Bonchev–Trinajstić information content (AvgIpc) is 2.73. The van der Waals surface area contributed by atoms with Gasteiger partial charge in [0.05, 0.1) is 11.7 Å². The number of aliphatic hydroxyl groups excluding tert-OH is 1. The molecule has 2 N–H and O–H groups in total. The third-order valence-electron chi connectivity index (χ3n) is 2.49. The van der Waals surface area contributed by atoms with E-state index in [4.69, 9.17) is 4.74 Å². The molecular weight excluding hydrogens is 214 g/mol. The van der Waals surface area contributed by atoms with Gasteiger partial charge in [0.1, 0.15) is 18.9 Å². The molecule has 0 radical (unpaired) electrons. The minimum absolute atomic E-state index is 0.263. The molecule has 1 aromatic heterocycles. The predicted molar refractivity (Wildman–Crippen MR) is 57.0 cm³/mol. The van der Waals surface area contributed by atoms with E-state index in [9.17, 15) is 5.11 Å². The molecule has 3 unspecified atom stereocenters. The first-order chi connectivity index (χ1) is 7.25. The predicted octanol–water partition coefficient (Wildman–Crippen LogP) is 0.276. The number of ether oxygens (including phenoxy) is 1. The van der Waals surface area contributed by atoms with Crippen LogP contribution in [0.1, 0.15) is 13.3 Å². The molecular formula is C9H15N3O2S. The Balaban J connectivity index is 1.58. The second kappa shape index (κ2) is 4.87. The van der Waals surface area contributed by atoms with Gasteiger partial charge in [-0.1, -0.05) is 6.92 Å². The van der Waals surface area contributed by atoms with E-state index in [0.717, 1.165) is 17.6 Å². The molecule has 0 spiro atoms. The van der Waals surface area contributed by atoms with Crippen LogP contribution in [0.15, 0.2) is 6.20 Å². The summed E-state index contributed by atoms with van der Waals surface area (Å²) in [5.41, 5.74) is 0. The molecule has 1 aliphatic rings. The number of nitrogens with one attached hydrogen (secondary N) is 1. The fourth-order valence-electron chi connectivity index (χ4n) is 1.35. The van der Waals surface area contributed by atoms with Crippen LogP contribution in [0.5, 0.6) is 5.88 Å². The molecule has 2 rings (SSSR count). The third-order valence-corrected chi connectivity index (χ3v) is 2.95. The molecule has 0 amide bonds. The Hall–Kier alpha value is -0.720. The zero-order chi connectivity index (χ0) is 10.7. The zero-order valence-electron chi connectivity index (χ0n) is 8.59. The van der Waals surface area contributed by atoms with Crippen molar-refractivity contribution in [1.29, 1.82) is 0 Å². The van der Waals surface area contributed by atoms with Crippen molar-refractivity contribution in [2.45, 2.75) is 25.5 Å². The molecule has 1 fully saturated rings. The fourth-order valence-corrected chi connectivity index (χ4v) is 1.72. The van der Waals surface area contributed by atoms with Gasteiger partial charge < -0.3 is 15.2 Å². The van der Waals surface area contributed by atoms with Gasteiger partial charge in [-0.15, -0.1) is 4.37 Å². The molecule has 0 aromatic carbocycles. The number of nitrogens with zero attached hydrogens (tertiary/aromatic N) is 2. The molecule has 1 saturated carbocycles. The van der Waals surface area contributed by atoms with Crippen LogP contribution in [-0.2, 0) is 0 Å². The van der Waals surface area contributed by atoms with Crippen molar-refractivity contribution in [1.82, 2.24) is 14.1 Å². The van der Waals surface area contributed by atoms with Crippen molar-refractivity contribution in [2.24, 2.45) is 5.92 Å². The van der Waals surface area contributed by atoms with E-state index >= 15 is 0 Å². The van der Waals surface area contributed by atoms with Crippen LogP contribution in [0.3, 0.4) is 0 Å². The lowest BCUT2D eigenvalue weighted by Gasteiger charge is -2.11. The highest BCUT2D eigenvalue weighted by Gasteiger charge is 2.32. The standard InChI is InChI=1S/C9H15N3O2S/c1-6-2-8(6)10-3-7(13)5-14-9-4-11-15-12-9/h4,6-8,10,13H,2-3,5H2,1H3. The number of aliphatic hydroxyl groups is 1. The number of aromatic nitrogens is 2. The van der Waals surface area contributed by atoms with E-state index < -0.39 is 6.10 Å². The average molecular weight is 229 g/mol. The second-order valence-electron chi connectivity index (χ2n) is 3.94. The molecule has 0 saturated heterocycles. The molecule has 84 valence electrons. The van der Waals surface area contributed by atoms with E-state index in [0.29, 0.717) is 18.5 Å². The smallest absolute Gasteiger partial charge is 0.245 e. The Morgan fingerprint density at radius 3 is 3.20 bits per heavy atom. The van der Waals surface area contributed by atoms with Crippen molar-refractivity contribution in [3.63, 3.8) is 0 Å². The topological polar surface area (TPSA) is 67.3 Å². The maximum Gasteiger partial charge on any atom is 0.245 e. The molecule has 15 heavy (non-hydrogen) atoms. The van der Waals surface area contributed by atoms with Crippen LogP contribution in [0.2, 0.25) is 0 Å². The Bertz CT molecular complexity index is 294. The molecule has 1 aromatic rings. The maximum absolute atomic E-state index is 9.58. The van der Waals surface area contributed by atoms with E-state index in [1.807, 2.05) is 0 Å². The Kier molecular flexibility index (Phi) is 3.50. The second-order valence-corrected chi connectivity index (χ2v) is 4.49. The summed E-state index contributed by atoms with van der Waals surface area (Å²) < 4.78 is 12.9. The van der Waals surface area contributed by atoms with Gasteiger partial charge in [0.2, 0.25) is 5.88 Å². The van der Waals surface area contributed by atoms with Crippen molar-refractivity contribution < 1.29 is 9.84 Å². The Morgan fingerprint density at radius 1 is 1.80 bits per heavy atom. The van der Waals surface area contributed by atoms with E-state index in [1.54, 1.807) is 6.20 Å². The zero-order valence-corrected chi connectivity index (χ0v) is 9.41. The summed E-state index contributed by atoms with van der Waals surface area (Å²) in [6.07, 6.45) is 2.27. The highest BCUT2D eigenvalue weighted by atomic mass is 32.1. The summed E-state index contributed by atoms with van der Waals surface area (Å²) in [5, 5.41) is 12.9. The first-order valence-corrected chi connectivity index (χ1v) is 5.80. The van der Waals surface area contributed by atoms with Crippen molar-refractivity contribution in [2.75, 3.05) is 13.2 Å². The summed E-state index contributed by atoms with van der Waals surface area (Å²) in [7, 11) is 0. The van der Waals surface area contributed by atoms with E-state index in [1.165, 1.54) is 6.42 Å². The van der Waals surface area contributed by atoms with E-state index in [2.05, 4.69) is 21.0 Å². The summed E-state index contributed by atoms with van der Waals surface area (Å²) in [6.45, 7) is 3.04. The lowest BCUT2D eigenvalue weighted by atomic mass is 10.3. The van der Waals surface area contributed by atoms with Gasteiger partial charge in [0.25, 0.3) is 0 Å². The van der Waals surface area contributed by atoms with Crippen LogP contribution >= 0.6 is 11.7 Å². The number of hydrogen-bond donors (Lipinski definition) is 2.